The molecule has 1 aliphatic rings. The minimum Gasteiger partial charge on any atom is -0.486 e. The molecule has 1 aromatic carbocycles. The molecule has 1 saturated heterocycles. The van der Waals surface area contributed by atoms with Crippen LogP contribution < -0.4 is 9.64 Å². The number of ether oxygens (including phenoxy) is 1. The number of anilines is 1. The molecular weight excluding hydrogens is 382 g/mol. The number of piperazine rings is 1. The zero-order valence-corrected chi connectivity index (χ0v) is 17.2. The third-order valence-electron chi connectivity index (χ3n) is 4.94. The molecule has 3 aromatic rings. The standard InChI is InChI=1S/C22H23N5OS/c1-17-2-4-20(5-3-17)28-15-22-25-19(16-29-22)14-26-8-10-27(11-9-26)21-12-18(13-23)6-7-24-21/h2-7,12,16H,8-11,14-15H2,1H3. The van der Waals surface area contributed by atoms with Crippen molar-refractivity contribution in [1.82, 2.24) is 14.9 Å². The van der Waals surface area contributed by atoms with Crippen LogP contribution in [0.15, 0.2) is 48.0 Å². The normalized spacial score (nSPS) is 14.6. The average molecular weight is 406 g/mol. The Morgan fingerprint density at radius 2 is 1.93 bits per heavy atom. The quantitative estimate of drug-likeness (QED) is 0.624. The number of hydrogen-bond acceptors (Lipinski definition) is 7. The Morgan fingerprint density at radius 1 is 1.14 bits per heavy atom. The summed E-state index contributed by atoms with van der Waals surface area (Å²) >= 11 is 1.65. The maximum atomic E-state index is 9.06. The van der Waals surface area contributed by atoms with E-state index in [1.807, 2.05) is 30.3 Å². The molecule has 4 rings (SSSR count). The van der Waals surface area contributed by atoms with Crippen LogP contribution in [0.1, 0.15) is 21.8 Å². The van der Waals surface area contributed by atoms with E-state index in [1.54, 1.807) is 23.6 Å². The van der Waals surface area contributed by atoms with Gasteiger partial charge in [0.2, 0.25) is 0 Å². The van der Waals surface area contributed by atoms with Crippen LogP contribution in [0, 0.1) is 18.3 Å². The van der Waals surface area contributed by atoms with Crippen molar-refractivity contribution in [2.45, 2.75) is 20.1 Å². The molecule has 0 atom stereocenters. The molecule has 0 spiro atoms. The van der Waals surface area contributed by atoms with E-state index in [-0.39, 0.29) is 0 Å². The molecule has 6 nitrogen and oxygen atoms in total. The van der Waals surface area contributed by atoms with Crippen molar-refractivity contribution in [1.29, 1.82) is 5.26 Å². The van der Waals surface area contributed by atoms with Crippen LogP contribution >= 0.6 is 11.3 Å². The van der Waals surface area contributed by atoms with Gasteiger partial charge in [-0.2, -0.15) is 5.26 Å². The van der Waals surface area contributed by atoms with Gasteiger partial charge in [0.1, 0.15) is 23.2 Å². The molecule has 3 heterocycles. The lowest BCUT2D eigenvalue weighted by molar-refractivity contribution is 0.246. The van der Waals surface area contributed by atoms with Gasteiger partial charge in [-0.05, 0) is 31.2 Å². The van der Waals surface area contributed by atoms with Crippen LogP contribution in [0.2, 0.25) is 0 Å². The van der Waals surface area contributed by atoms with Gasteiger partial charge in [0.05, 0.1) is 17.3 Å². The summed E-state index contributed by atoms with van der Waals surface area (Å²) in [4.78, 5) is 13.8. The van der Waals surface area contributed by atoms with Crippen LogP contribution in [0.25, 0.3) is 0 Å². The SMILES string of the molecule is Cc1ccc(OCc2nc(CN3CCN(c4cc(C#N)ccn4)CC3)cs2)cc1. The Kier molecular flexibility index (Phi) is 6.03. The van der Waals surface area contributed by atoms with Gasteiger partial charge in [-0.3, -0.25) is 4.90 Å². The van der Waals surface area contributed by atoms with Gasteiger partial charge >= 0.3 is 0 Å². The van der Waals surface area contributed by atoms with Gasteiger partial charge in [-0.25, -0.2) is 9.97 Å². The summed E-state index contributed by atoms with van der Waals surface area (Å²) in [6, 6.07) is 13.9. The summed E-state index contributed by atoms with van der Waals surface area (Å²) in [5, 5.41) is 12.2. The second-order valence-corrected chi connectivity index (χ2v) is 8.05. The highest BCUT2D eigenvalue weighted by molar-refractivity contribution is 7.09. The van der Waals surface area contributed by atoms with Gasteiger partial charge in [-0.15, -0.1) is 11.3 Å². The highest BCUT2D eigenvalue weighted by Gasteiger charge is 2.19. The van der Waals surface area contributed by atoms with Gasteiger partial charge in [0.25, 0.3) is 0 Å². The van der Waals surface area contributed by atoms with E-state index in [9.17, 15) is 0 Å². The molecule has 1 aliphatic heterocycles. The van der Waals surface area contributed by atoms with Crippen molar-refractivity contribution in [3.8, 4) is 11.8 Å². The second kappa shape index (κ2) is 9.03. The van der Waals surface area contributed by atoms with Crippen molar-refractivity contribution in [3.05, 3.63) is 69.8 Å². The maximum absolute atomic E-state index is 9.06. The first-order chi connectivity index (χ1) is 14.2. The lowest BCUT2D eigenvalue weighted by Gasteiger charge is -2.35. The third kappa shape index (κ3) is 5.11. The van der Waals surface area contributed by atoms with E-state index in [2.05, 4.69) is 33.2 Å². The Bertz CT molecular complexity index is 987. The van der Waals surface area contributed by atoms with E-state index in [1.165, 1.54) is 5.56 Å². The van der Waals surface area contributed by atoms with Crippen LogP contribution in [0.3, 0.4) is 0 Å². The molecule has 0 aliphatic carbocycles. The van der Waals surface area contributed by atoms with Crippen molar-refractivity contribution in [2.24, 2.45) is 0 Å². The average Bonchev–Trinajstić information content (AvgIpc) is 3.21. The summed E-state index contributed by atoms with van der Waals surface area (Å²) in [6.07, 6.45) is 1.70. The summed E-state index contributed by atoms with van der Waals surface area (Å²) in [5.74, 6) is 1.76. The van der Waals surface area contributed by atoms with Crippen molar-refractivity contribution in [3.63, 3.8) is 0 Å². The number of nitrogens with zero attached hydrogens (tertiary/aromatic N) is 5. The number of pyridine rings is 1. The fourth-order valence-electron chi connectivity index (χ4n) is 3.29. The predicted molar refractivity (Wildman–Crippen MR) is 114 cm³/mol. The number of aromatic nitrogens is 2. The summed E-state index contributed by atoms with van der Waals surface area (Å²) in [6.45, 7) is 7.11. The number of benzene rings is 1. The molecule has 0 amide bonds. The smallest absolute Gasteiger partial charge is 0.140 e. The van der Waals surface area contributed by atoms with Gasteiger partial charge < -0.3 is 9.64 Å². The zero-order valence-electron chi connectivity index (χ0n) is 16.4. The van der Waals surface area contributed by atoms with Crippen molar-refractivity contribution in [2.75, 3.05) is 31.1 Å². The maximum Gasteiger partial charge on any atom is 0.140 e. The summed E-state index contributed by atoms with van der Waals surface area (Å²) in [5.41, 5.74) is 2.97. The highest BCUT2D eigenvalue weighted by atomic mass is 32.1. The topological polar surface area (TPSA) is 65.3 Å². The molecule has 0 unspecified atom stereocenters. The van der Waals surface area contributed by atoms with E-state index in [0.29, 0.717) is 12.2 Å². The fourth-order valence-corrected chi connectivity index (χ4v) is 3.99. The molecule has 7 heteroatoms. The summed E-state index contributed by atoms with van der Waals surface area (Å²) in [7, 11) is 0. The van der Waals surface area contributed by atoms with E-state index >= 15 is 0 Å². The number of aryl methyl sites for hydroxylation is 1. The van der Waals surface area contributed by atoms with Gasteiger partial charge in [0.15, 0.2) is 0 Å². The second-order valence-electron chi connectivity index (χ2n) is 7.11. The lowest BCUT2D eigenvalue weighted by atomic mass is 10.2. The molecule has 29 heavy (non-hydrogen) atoms. The van der Waals surface area contributed by atoms with E-state index in [0.717, 1.165) is 55.0 Å². The fraction of sp³-hybridized carbons (Fsp3) is 0.318. The minimum atomic E-state index is 0.502. The van der Waals surface area contributed by atoms with Gasteiger partial charge in [0, 0.05) is 44.3 Å². The first-order valence-electron chi connectivity index (χ1n) is 9.66. The Labute approximate surface area is 175 Å². The number of thiazole rings is 1. The van der Waals surface area contributed by atoms with Crippen molar-refractivity contribution >= 4 is 17.2 Å². The largest absolute Gasteiger partial charge is 0.486 e. The first kappa shape index (κ1) is 19.4. The molecule has 0 N–H and O–H groups in total. The number of hydrogen-bond donors (Lipinski definition) is 0. The monoisotopic (exact) mass is 405 g/mol. The molecule has 0 bridgehead atoms. The number of rotatable bonds is 6. The summed E-state index contributed by atoms with van der Waals surface area (Å²) < 4.78 is 5.83. The van der Waals surface area contributed by atoms with Gasteiger partial charge in [-0.1, -0.05) is 17.7 Å². The van der Waals surface area contributed by atoms with Crippen LogP contribution in [0.4, 0.5) is 5.82 Å². The lowest BCUT2D eigenvalue weighted by Crippen LogP contribution is -2.46. The molecular formula is C22H23N5OS. The Hall–Kier alpha value is -2.95. The Balaban J connectivity index is 1.26. The number of nitriles is 1. The Morgan fingerprint density at radius 3 is 2.69 bits per heavy atom. The van der Waals surface area contributed by atoms with Crippen LogP contribution in [0.5, 0.6) is 5.75 Å². The third-order valence-corrected chi connectivity index (χ3v) is 5.81. The highest BCUT2D eigenvalue weighted by Crippen LogP contribution is 2.19. The predicted octanol–water partition coefficient (Wildman–Crippen LogP) is 3.62. The molecule has 148 valence electrons. The first-order valence-corrected chi connectivity index (χ1v) is 10.5. The molecule has 2 aromatic heterocycles. The van der Waals surface area contributed by atoms with Crippen molar-refractivity contribution < 1.29 is 4.74 Å². The van der Waals surface area contributed by atoms with Crippen LogP contribution in [-0.2, 0) is 13.2 Å². The molecule has 0 saturated carbocycles. The minimum absolute atomic E-state index is 0.502. The zero-order chi connectivity index (χ0) is 20.1. The molecule has 0 radical (unpaired) electrons. The molecule has 1 fully saturated rings. The van der Waals surface area contributed by atoms with Crippen LogP contribution in [-0.4, -0.2) is 41.0 Å². The van der Waals surface area contributed by atoms with E-state index in [4.69, 9.17) is 15.0 Å². The van der Waals surface area contributed by atoms with E-state index < -0.39 is 0 Å².